The Kier molecular flexibility index (Phi) is 8.84. The maximum Gasteiger partial charge on any atom is 0.191 e. The Morgan fingerprint density at radius 2 is 1.67 bits per heavy atom. The third kappa shape index (κ3) is 6.57. The van der Waals surface area contributed by atoms with Gasteiger partial charge in [-0.05, 0) is 39.4 Å². The summed E-state index contributed by atoms with van der Waals surface area (Å²) < 4.78 is 0. The molecule has 0 aliphatic carbocycles. The molecule has 6 nitrogen and oxygen atoms in total. The van der Waals surface area contributed by atoms with Crippen molar-refractivity contribution in [2.45, 2.75) is 39.2 Å². The molecule has 1 unspecified atom stereocenters. The van der Waals surface area contributed by atoms with Crippen molar-refractivity contribution in [3.63, 3.8) is 0 Å². The first-order chi connectivity index (χ1) is 11.7. The van der Waals surface area contributed by atoms with Gasteiger partial charge in [-0.2, -0.15) is 0 Å². The van der Waals surface area contributed by atoms with E-state index in [4.69, 9.17) is 0 Å². The lowest BCUT2D eigenvalue weighted by Gasteiger charge is -2.37. The van der Waals surface area contributed by atoms with Crippen LogP contribution in [0.25, 0.3) is 0 Å². The van der Waals surface area contributed by atoms with Gasteiger partial charge in [0.2, 0.25) is 0 Å². The fraction of sp³-hybridized carbons (Fsp3) is 0.944. The summed E-state index contributed by atoms with van der Waals surface area (Å²) in [7, 11) is 1.86. The van der Waals surface area contributed by atoms with Crippen LogP contribution in [0.1, 0.15) is 33.1 Å². The molecule has 1 atom stereocenters. The maximum atomic E-state index is 4.36. The Morgan fingerprint density at radius 3 is 2.29 bits per heavy atom. The highest BCUT2D eigenvalue weighted by Crippen LogP contribution is 2.07. The first kappa shape index (κ1) is 19.5. The summed E-state index contributed by atoms with van der Waals surface area (Å²) in [6, 6.07) is 0.546. The normalized spacial score (nSPS) is 23.2. The van der Waals surface area contributed by atoms with Crippen molar-refractivity contribution in [1.82, 2.24) is 25.3 Å². The summed E-state index contributed by atoms with van der Waals surface area (Å²) in [6.45, 7) is 16.1. The van der Waals surface area contributed by atoms with Gasteiger partial charge in [-0.3, -0.25) is 9.89 Å². The summed E-state index contributed by atoms with van der Waals surface area (Å²) in [4.78, 5) is 12.0. The number of aliphatic imine (C=N–C) groups is 1. The van der Waals surface area contributed by atoms with Gasteiger partial charge in [0.1, 0.15) is 0 Å². The molecule has 0 aromatic heterocycles. The van der Waals surface area contributed by atoms with Crippen LogP contribution in [0.5, 0.6) is 0 Å². The first-order valence-corrected chi connectivity index (χ1v) is 9.86. The molecule has 0 aromatic rings. The lowest BCUT2D eigenvalue weighted by Crippen LogP contribution is -2.53. The molecule has 0 bridgehead atoms. The van der Waals surface area contributed by atoms with Crippen LogP contribution in [0.15, 0.2) is 4.99 Å². The minimum Gasteiger partial charge on any atom is -0.355 e. The average molecular weight is 339 g/mol. The second-order valence-electron chi connectivity index (χ2n) is 7.10. The van der Waals surface area contributed by atoms with Gasteiger partial charge in [-0.1, -0.05) is 13.3 Å². The standard InChI is InChI=1S/C18H38N6/c1-4-22-12-14-24(15-13-22)17(2)16-21-18(19-3)20-8-11-23-9-6-5-7-10-23/h17H,4-16H2,1-3H3,(H2,19,20,21). The monoisotopic (exact) mass is 338 g/mol. The van der Waals surface area contributed by atoms with E-state index in [-0.39, 0.29) is 0 Å². The van der Waals surface area contributed by atoms with Gasteiger partial charge in [0.25, 0.3) is 0 Å². The van der Waals surface area contributed by atoms with Crippen LogP contribution in [0.2, 0.25) is 0 Å². The summed E-state index contributed by atoms with van der Waals surface area (Å²) in [5.74, 6) is 0.936. The van der Waals surface area contributed by atoms with E-state index in [0.29, 0.717) is 6.04 Å². The van der Waals surface area contributed by atoms with E-state index in [9.17, 15) is 0 Å². The highest BCUT2D eigenvalue weighted by Gasteiger charge is 2.20. The van der Waals surface area contributed by atoms with Gasteiger partial charge >= 0.3 is 0 Å². The second-order valence-corrected chi connectivity index (χ2v) is 7.10. The summed E-state index contributed by atoms with van der Waals surface area (Å²) in [6.07, 6.45) is 4.11. The van der Waals surface area contributed by atoms with Gasteiger partial charge in [-0.15, -0.1) is 0 Å². The zero-order chi connectivity index (χ0) is 17.2. The molecule has 6 heteroatoms. The minimum absolute atomic E-state index is 0.546. The van der Waals surface area contributed by atoms with Crippen molar-refractivity contribution in [3.8, 4) is 0 Å². The van der Waals surface area contributed by atoms with Gasteiger partial charge in [0.05, 0.1) is 0 Å². The van der Waals surface area contributed by atoms with Crippen LogP contribution in [0.3, 0.4) is 0 Å². The van der Waals surface area contributed by atoms with E-state index in [2.05, 4.69) is 44.2 Å². The largest absolute Gasteiger partial charge is 0.355 e. The third-order valence-electron chi connectivity index (χ3n) is 5.44. The lowest BCUT2D eigenvalue weighted by atomic mass is 10.1. The fourth-order valence-electron chi connectivity index (χ4n) is 3.63. The number of hydrogen-bond donors (Lipinski definition) is 2. The molecular weight excluding hydrogens is 300 g/mol. The number of guanidine groups is 1. The van der Waals surface area contributed by atoms with Crippen molar-refractivity contribution in [2.24, 2.45) is 4.99 Å². The molecule has 0 radical (unpaired) electrons. The minimum atomic E-state index is 0.546. The highest BCUT2D eigenvalue weighted by molar-refractivity contribution is 5.79. The zero-order valence-electron chi connectivity index (χ0n) is 16.1. The van der Waals surface area contributed by atoms with Crippen molar-refractivity contribution in [1.29, 1.82) is 0 Å². The van der Waals surface area contributed by atoms with Crippen molar-refractivity contribution >= 4 is 5.96 Å². The number of hydrogen-bond acceptors (Lipinski definition) is 4. The maximum absolute atomic E-state index is 4.36. The number of nitrogens with one attached hydrogen (secondary N) is 2. The molecule has 0 aromatic carbocycles. The number of rotatable bonds is 7. The van der Waals surface area contributed by atoms with Crippen molar-refractivity contribution < 1.29 is 0 Å². The van der Waals surface area contributed by atoms with Gasteiger partial charge < -0.3 is 20.4 Å². The number of nitrogens with zero attached hydrogens (tertiary/aromatic N) is 4. The van der Waals surface area contributed by atoms with Crippen LogP contribution < -0.4 is 10.6 Å². The molecule has 2 fully saturated rings. The van der Waals surface area contributed by atoms with Gasteiger partial charge in [-0.25, -0.2) is 0 Å². The Balaban J connectivity index is 1.60. The summed E-state index contributed by atoms with van der Waals surface area (Å²) in [5.41, 5.74) is 0. The number of likely N-dealkylation sites (tertiary alicyclic amines) is 1. The van der Waals surface area contributed by atoms with Crippen LogP contribution in [-0.2, 0) is 0 Å². The van der Waals surface area contributed by atoms with Crippen LogP contribution in [0, 0.1) is 0 Å². The topological polar surface area (TPSA) is 46.1 Å². The Morgan fingerprint density at radius 1 is 0.958 bits per heavy atom. The lowest BCUT2D eigenvalue weighted by molar-refractivity contribution is 0.107. The van der Waals surface area contributed by atoms with Crippen LogP contribution >= 0.6 is 0 Å². The van der Waals surface area contributed by atoms with E-state index in [1.807, 2.05) is 7.05 Å². The molecule has 2 aliphatic heterocycles. The first-order valence-electron chi connectivity index (χ1n) is 9.86. The quantitative estimate of drug-likeness (QED) is 0.528. The zero-order valence-corrected chi connectivity index (χ0v) is 16.1. The molecule has 2 heterocycles. The van der Waals surface area contributed by atoms with E-state index in [1.54, 1.807) is 0 Å². The number of piperidine rings is 1. The van der Waals surface area contributed by atoms with E-state index >= 15 is 0 Å². The third-order valence-corrected chi connectivity index (χ3v) is 5.44. The van der Waals surface area contributed by atoms with Crippen LogP contribution in [0.4, 0.5) is 0 Å². The Hall–Kier alpha value is -0.850. The second kappa shape index (κ2) is 10.9. The van der Waals surface area contributed by atoms with E-state index in [1.165, 1.54) is 65.1 Å². The molecule has 0 amide bonds. The van der Waals surface area contributed by atoms with Crippen LogP contribution in [-0.4, -0.2) is 99.2 Å². The smallest absolute Gasteiger partial charge is 0.191 e. The molecule has 2 N–H and O–H groups in total. The number of likely N-dealkylation sites (N-methyl/N-ethyl adjacent to an activating group) is 1. The predicted molar refractivity (Wildman–Crippen MR) is 103 cm³/mol. The molecule has 0 saturated carbocycles. The molecule has 2 saturated heterocycles. The Bertz CT molecular complexity index is 359. The number of piperazine rings is 1. The Labute approximate surface area is 148 Å². The molecule has 2 aliphatic rings. The molecular formula is C18H38N6. The fourth-order valence-corrected chi connectivity index (χ4v) is 3.63. The molecule has 24 heavy (non-hydrogen) atoms. The average Bonchev–Trinajstić information content (AvgIpc) is 2.65. The molecule has 2 rings (SSSR count). The van der Waals surface area contributed by atoms with E-state index < -0.39 is 0 Å². The van der Waals surface area contributed by atoms with Crippen molar-refractivity contribution in [2.75, 3.05) is 72.5 Å². The SMILES string of the molecule is CCN1CCN(C(C)CNC(=NC)NCCN2CCCCC2)CC1. The predicted octanol–water partition coefficient (Wildman–Crippen LogP) is 0.663. The van der Waals surface area contributed by atoms with Gasteiger partial charge in [0, 0.05) is 58.9 Å². The van der Waals surface area contributed by atoms with E-state index in [0.717, 1.165) is 25.6 Å². The highest BCUT2D eigenvalue weighted by atomic mass is 15.3. The molecule has 140 valence electrons. The van der Waals surface area contributed by atoms with Gasteiger partial charge in [0.15, 0.2) is 5.96 Å². The summed E-state index contributed by atoms with van der Waals surface area (Å²) >= 11 is 0. The molecule has 0 spiro atoms. The summed E-state index contributed by atoms with van der Waals surface area (Å²) in [5, 5.41) is 6.96. The van der Waals surface area contributed by atoms with Crippen molar-refractivity contribution in [3.05, 3.63) is 0 Å².